The molecule has 68 valence electrons. The number of aliphatic imine (C=N–C) groups is 2. The minimum atomic E-state index is -1.42. The molecule has 0 saturated heterocycles. The summed E-state index contributed by atoms with van der Waals surface area (Å²) in [6.45, 7) is 1.37. The topological polar surface area (TPSA) is 146 Å². The molecule has 0 atom stereocenters. The largest absolute Gasteiger partial charge is 0.370 e. The molecule has 0 aromatic heterocycles. The monoisotopic (exact) mass is 172 g/mol. The molecule has 8 N–H and O–H groups in total. The molecule has 0 bridgehead atoms. The van der Waals surface area contributed by atoms with Crippen LogP contribution in [0.1, 0.15) is 6.92 Å². The maximum absolute atomic E-state index is 10.5. The Morgan fingerprint density at radius 3 is 1.67 bits per heavy atom. The summed E-state index contributed by atoms with van der Waals surface area (Å²) in [7, 11) is 0. The van der Waals surface area contributed by atoms with Crippen molar-refractivity contribution in [3.05, 3.63) is 0 Å². The Kier molecular flexibility index (Phi) is 3.03. The zero-order chi connectivity index (χ0) is 9.78. The highest BCUT2D eigenvalue weighted by molar-refractivity contribution is 5.83. The van der Waals surface area contributed by atoms with Crippen molar-refractivity contribution < 1.29 is 4.79 Å². The normalized spacial score (nSPS) is 10.1. The van der Waals surface area contributed by atoms with E-state index < -0.39 is 5.66 Å². The number of hydrogen-bond acceptors (Lipinski definition) is 3. The molecule has 0 radical (unpaired) electrons. The fourth-order valence-corrected chi connectivity index (χ4v) is 0.600. The molecule has 0 aliphatic rings. The van der Waals surface area contributed by atoms with Gasteiger partial charge in [-0.15, -0.1) is 0 Å². The lowest BCUT2D eigenvalue weighted by Gasteiger charge is -2.12. The number of guanidine groups is 2. The lowest BCUT2D eigenvalue weighted by molar-refractivity contribution is -0.111. The Bertz CT molecular complexity index is 206. The van der Waals surface area contributed by atoms with E-state index in [-0.39, 0.29) is 11.9 Å². The molecule has 7 heteroatoms. The molecule has 12 heavy (non-hydrogen) atoms. The van der Waals surface area contributed by atoms with Gasteiger partial charge >= 0.3 is 0 Å². The van der Waals surface area contributed by atoms with Gasteiger partial charge in [-0.2, -0.15) is 0 Å². The highest BCUT2D eigenvalue weighted by Gasteiger charge is 2.21. The van der Waals surface area contributed by atoms with Gasteiger partial charge in [0.2, 0.25) is 5.66 Å². The van der Waals surface area contributed by atoms with E-state index in [4.69, 9.17) is 22.9 Å². The number of carbonyl (C=O) groups excluding carboxylic acids is 1. The molecular weight excluding hydrogens is 160 g/mol. The van der Waals surface area contributed by atoms with E-state index in [1.54, 1.807) is 0 Å². The maximum Gasteiger partial charge on any atom is 0.209 e. The van der Waals surface area contributed by atoms with Crippen LogP contribution in [0.25, 0.3) is 0 Å². The fourth-order valence-electron chi connectivity index (χ4n) is 0.600. The van der Waals surface area contributed by atoms with Crippen LogP contribution < -0.4 is 22.9 Å². The first-order valence-corrected chi connectivity index (χ1v) is 3.07. The van der Waals surface area contributed by atoms with Crippen LogP contribution in [0.3, 0.4) is 0 Å². The smallest absolute Gasteiger partial charge is 0.209 e. The maximum atomic E-state index is 10.5. The van der Waals surface area contributed by atoms with E-state index in [1.165, 1.54) is 6.92 Å². The molecular formula is C5H12N6O. The molecule has 0 aliphatic heterocycles. The first kappa shape index (κ1) is 10.2. The third kappa shape index (κ3) is 3.40. The summed E-state index contributed by atoms with van der Waals surface area (Å²) in [6.07, 6.45) is 0.437. The predicted octanol–water partition coefficient (Wildman–Crippen LogP) is -2.55. The summed E-state index contributed by atoms with van der Waals surface area (Å²) in [6, 6.07) is 0. The summed E-state index contributed by atoms with van der Waals surface area (Å²) in [4.78, 5) is 17.5. The van der Waals surface area contributed by atoms with Crippen LogP contribution in [-0.2, 0) is 4.79 Å². The van der Waals surface area contributed by atoms with Crippen molar-refractivity contribution in [1.29, 1.82) is 0 Å². The number of aldehydes is 1. The zero-order valence-corrected chi connectivity index (χ0v) is 6.69. The lowest BCUT2D eigenvalue weighted by Crippen LogP contribution is -2.35. The van der Waals surface area contributed by atoms with E-state index in [9.17, 15) is 4.79 Å². The van der Waals surface area contributed by atoms with Gasteiger partial charge in [-0.25, -0.2) is 9.98 Å². The summed E-state index contributed by atoms with van der Waals surface area (Å²) in [5.41, 5.74) is 18.8. The average molecular weight is 172 g/mol. The highest BCUT2D eigenvalue weighted by Crippen LogP contribution is 2.06. The Morgan fingerprint density at radius 2 is 1.50 bits per heavy atom. The van der Waals surface area contributed by atoms with E-state index >= 15 is 0 Å². The van der Waals surface area contributed by atoms with Gasteiger partial charge in [0.25, 0.3) is 0 Å². The lowest BCUT2D eigenvalue weighted by atomic mass is 10.3. The molecule has 0 unspecified atom stereocenters. The zero-order valence-electron chi connectivity index (χ0n) is 6.69. The Hall–Kier alpha value is -1.79. The van der Waals surface area contributed by atoms with Gasteiger partial charge in [0, 0.05) is 0 Å². The van der Waals surface area contributed by atoms with Crippen molar-refractivity contribution in [2.24, 2.45) is 32.9 Å². The molecule has 0 aliphatic carbocycles. The van der Waals surface area contributed by atoms with Crippen molar-refractivity contribution in [3.63, 3.8) is 0 Å². The summed E-state index contributed by atoms with van der Waals surface area (Å²) >= 11 is 0. The van der Waals surface area contributed by atoms with Crippen LogP contribution >= 0.6 is 0 Å². The molecule has 0 spiro atoms. The number of hydrogen-bond donors (Lipinski definition) is 4. The van der Waals surface area contributed by atoms with E-state index in [0.717, 1.165) is 0 Å². The fraction of sp³-hybridized carbons (Fsp3) is 0.400. The number of nitrogens with two attached hydrogens (primary N) is 4. The third-order valence-corrected chi connectivity index (χ3v) is 0.934. The molecule has 0 aromatic rings. The molecule has 0 heterocycles. The standard InChI is InChI=1S/C5H12N6O/c1-5(2-12,10-3(6)7)11-4(8)9/h2H,1H3,(H4,6,7,10)(H4,8,9,11). The van der Waals surface area contributed by atoms with Crippen LogP contribution in [0.4, 0.5) is 0 Å². The van der Waals surface area contributed by atoms with Crippen LogP contribution in [0, 0.1) is 0 Å². The van der Waals surface area contributed by atoms with Crippen molar-refractivity contribution in [3.8, 4) is 0 Å². The van der Waals surface area contributed by atoms with Gasteiger partial charge in [-0.1, -0.05) is 0 Å². The van der Waals surface area contributed by atoms with E-state index in [1.807, 2.05) is 0 Å². The van der Waals surface area contributed by atoms with Crippen LogP contribution in [0.5, 0.6) is 0 Å². The van der Waals surface area contributed by atoms with Crippen LogP contribution in [0.2, 0.25) is 0 Å². The number of rotatable bonds is 3. The quantitative estimate of drug-likeness (QED) is 0.210. The molecule has 0 fully saturated rings. The third-order valence-electron chi connectivity index (χ3n) is 0.934. The summed E-state index contributed by atoms with van der Waals surface area (Å²) in [5, 5.41) is 0. The van der Waals surface area contributed by atoms with Crippen molar-refractivity contribution in [2.75, 3.05) is 0 Å². The summed E-state index contributed by atoms with van der Waals surface area (Å²) in [5.74, 6) is -0.510. The first-order chi connectivity index (χ1) is 5.39. The molecule has 7 nitrogen and oxygen atoms in total. The van der Waals surface area contributed by atoms with E-state index in [0.29, 0.717) is 6.29 Å². The van der Waals surface area contributed by atoms with E-state index in [2.05, 4.69) is 9.98 Å². The number of carbonyl (C=O) groups is 1. The van der Waals surface area contributed by atoms with Crippen molar-refractivity contribution >= 4 is 18.2 Å². The van der Waals surface area contributed by atoms with Crippen LogP contribution in [-0.4, -0.2) is 23.9 Å². The van der Waals surface area contributed by atoms with Gasteiger partial charge in [0.05, 0.1) is 0 Å². The second kappa shape index (κ2) is 3.56. The first-order valence-electron chi connectivity index (χ1n) is 3.07. The van der Waals surface area contributed by atoms with Gasteiger partial charge in [0.1, 0.15) is 0 Å². The van der Waals surface area contributed by atoms with Crippen molar-refractivity contribution in [2.45, 2.75) is 12.6 Å². The Balaban J connectivity index is 4.82. The SMILES string of the molecule is CC(C=O)(N=C(N)N)N=C(N)N. The van der Waals surface area contributed by atoms with Gasteiger partial charge in [0.15, 0.2) is 18.2 Å². The second-order valence-electron chi connectivity index (χ2n) is 2.29. The Morgan fingerprint density at radius 1 is 1.17 bits per heavy atom. The molecule has 0 saturated carbocycles. The van der Waals surface area contributed by atoms with Gasteiger partial charge < -0.3 is 22.9 Å². The highest BCUT2D eigenvalue weighted by atomic mass is 16.1. The predicted molar refractivity (Wildman–Crippen MR) is 46.1 cm³/mol. The van der Waals surface area contributed by atoms with Gasteiger partial charge in [-0.05, 0) is 6.92 Å². The molecule has 0 aromatic carbocycles. The molecule has 0 amide bonds. The minimum Gasteiger partial charge on any atom is -0.370 e. The molecule has 0 rings (SSSR count). The van der Waals surface area contributed by atoms with Crippen molar-refractivity contribution in [1.82, 2.24) is 0 Å². The average Bonchev–Trinajstić information content (AvgIpc) is 1.83. The van der Waals surface area contributed by atoms with Crippen LogP contribution in [0.15, 0.2) is 9.98 Å². The second-order valence-corrected chi connectivity index (χ2v) is 2.29. The Labute approximate surface area is 69.5 Å². The minimum absolute atomic E-state index is 0.255. The number of nitrogens with zero attached hydrogens (tertiary/aromatic N) is 2. The summed E-state index contributed by atoms with van der Waals surface area (Å²) < 4.78 is 0. The van der Waals surface area contributed by atoms with Gasteiger partial charge in [-0.3, -0.25) is 4.79 Å².